The smallest absolute Gasteiger partial charge is 0.252 e. The third kappa shape index (κ3) is 3.47. The monoisotopic (exact) mass is 365 g/mol. The number of piperidine rings is 1. The molecule has 1 aliphatic rings. The van der Waals surface area contributed by atoms with E-state index in [0.29, 0.717) is 19.0 Å². The van der Waals surface area contributed by atoms with Crippen LogP contribution in [0.2, 0.25) is 0 Å². The number of carbonyl (C=O) groups excluding carboxylic acids is 1. The second kappa shape index (κ2) is 7.69. The molecule has 0 N–H and O–H groups in total. The van der Waals surface area contributed by atoms with Gasteiger partial charge in [-0.15, -0.1) is 5.10 Å². The normalized spacial score (nSPS) is 16.4. The third-order valence-corrected chi connectivity index (χ3v) is 5.24. The summed E-state index contributed by atoms with van der Waals surface area (Å²) in [5.41, 5.74) is 0.887. The predicted octanol–water partition coefficient (Wildman–Crippen LogP) is 1.89. The Kier molecular flexibility index (Phi) is 4.95. The van der Waals surface area contributed by atoms with Gasteiger partial charge in [-0.1, -0.05) is 30.3 Å². The first-order valence-electron chi connectivity index (χ1n) is 9.35. The summed E-state index contributed by atoms with van der Waals surface area (Å²) in [6.07, 6.45) is 7.22. The van der Waals surface area contributed by atoms with Gasteiger partial charge in [-0.3, -0.25) is 4.79 Å². The quantitative estimate of drug-likeness (QED) is 0.690. The van der Waals surface area contributed by atoms with E-state index in [1.165, 1.54) is 11.0 Å². The Bertz CT molecular complexity index is 867. The van der Waals surface area contributed by atoms with Crippen molar-refractivity contribution in [2.24, 2.45) is 0 Å². The Balaban J connectivity index is 1.50. The van der Waals surface area contributed by atoms with Gasteiger partial charge < -0.3 is 9.47 Å². The molecule has 1 aliphatic heterocycles. The standard InChI is InChI=1S/C19H23N7O/c1-2-24-13-10-20-18(24)16-8-11-25(12-9-16)19(27)17(26-14-21-22-23-26)15-6-4-3-5-7-15/h3-7,10,13-14,16-17H,2,8-9,11-12H2,1H3/t17-/m0/s1. The minimum absolute atomic E-state index is 0.0331. The van der Waals surface area contributed by atoms with Crippen molar-refractivity contribution >= 4 is 5.91 Å². The Morgan fingerprint density at radius 1 is 1.22 bits per heavy atom. The number of rotatable bonds is 5. The summed E-state index contributed by atoms with van der Waals surface area (Å²) < 4.78 is 3.73. The molecule has 3 heterocycles. The highest BCUT2D eigenvalue weighted by Gasteiger charge is 2.32. The Labute approximate surface area is 157 Å². The van der Waals surface area contributed by atoms with Crippen LogP contribution in [0.4, 0.5) is 0 Å². The van der Waals surface area contributed by atoms with Gasteiger partial charge in [-0.05, 0) is 35.8 Å². The molecule has 2 aromatic heterocycles. The zero-order valence-electron chi connectivity index (χ0n) is 15.3. The van der Waals surface area contributed by atoms with Crippen LogP contribution >= 0.6 is 0 Å². The molecule has 0 unspecified atom stereocenters. The summed E-state index contributed by atoms with van der Waals surface area (Å²) in [6.45, 7) is 4.47. The highest BCUT2D eigenvalue weighted by atomic mass is 16.2. The van der Waals surface area contributed by atoms with Crippen LogP contribution in [0, 0.1) is 0 Å². The van der Waals surface area contributed by atoms with Gasteiger partial charge in [0.05, 0.1) is 0 Å². The summed E-state index contributed by atoms with van der Waals surface area (Å²) in [5.74, 6) is 1.56. The van der Waals surface area contributed by atoms with E-state index < -0.39 is 6.04 Å². The van der Waals surface area contributed by atoms with Crippen molar-refractivity contribution in [3.05, 3.63) is 60.4 Å². The maximum atomic E-state index is 13.3. The van der Waals surface area contributed by atoms with Crippen LogP contribution in [0.3, 0.4) is 0 Å². The van der Waals surface area contributed by atoms with Crippen LogP contribution < -0.4 is 0 Å². The summed E-state index contributed by atoms with van der Waals surface area (Å²) >= 11 is 0. The third-order valence-electron chi connectivity index (χ3n) is 5.24. The molecule has 1 fully saturated rings. The number of amides is 1. The fraction of sp³-hybridized carbons (Fsp3) is 0.421. The number of imidazole rings is 1. The molecule has 1 atom stereocenters. The largest absolute Gasteiger partial charge is 0.340 e. The van der Waals surface area contributed by atoms with Crippen molar-refractivity contribution in [3.8, 4) is 0 Å². The van der Waals surface area contributed by atoms with Crippen molar-refractivity contribution in [3.63, 3.8) is 0 Å². The van der Waals surface area contributed by atoms with Gasteiger partial charge in [0.15, 0.2) is 6.04 Å². The van der Waals surface area contributed by atoms with Crippen molar-refractivity contribution < 1.29 is 4.79 Å². The minimum atomic E-state index is -0.532. The van der Waals surface area contributed by atoms with E-state index in [0.717, 1.165) is 30.8 Å². The molecule has 0 radical (unpaired) electrons. The molecule has 1 saturated heterocycles. The molecular weight excluding hydrogens is 342 g/mol. The van der Waals surface area contributed by atoms with Gasteiger partial charge >= 0.3 is 0 Å². The SMILES string of the molecule is CCn1ccnc1C1CCN(C(=O)[C@H](c2ccccc2)n2cnnn2)CC1. The van der Waals surface area contributed by atoms with Crippen molar-refractivity contribution in [1.29, 1.82) is 0 Å². The van der Waals surface area contributed by atoms with Crippen LogP contribution in [-0.2, 0) is 11.3 Å². The summed E-state index contributed by atoms with van der Waals surface area (Å²) in [4.78, 5) is 19.8. The number of aromatic nitrogens is 6. The van der Waals surface area contributed by atoms with E-state index in [-0.39, 0.29) is 5.91 Å². The molecule has 1 aromatic carbocycles. The van der Waals surface area contributed by atoms with E-state index in [1.807, 2.05) is 47.6 Å². The molecule has 0 saturated carbocycles. The molecule has 0 spiro atoms. The summed E-state index contributed by atoms with van der Waals surface area (Å²) in [7, 11) is 0. The first-order chi connectivity index (χ1) is 13.3. The van der Waals surface area contributed by atoms with Gasteiger partial charge in [0.1, 0.15) is 12.2 Å². The maximum Gasteiger partial charge on any atom is 0.252 e. The number of carbonyl (C=O) groups is 1. The van der Waals surface area contributed by atoms with Crippen molar-refractivity contribution in [2.45, 2.75) is 38.3 Å². The van der Waals surface area contributed by atoms with Gasteiger partial charge in [0.2, 0.25) is 0 Å². The Morgan fingerprint density at radius 2 is 2.00 bits per heavy atom. The van der Waals surface area contributed by atoms with Gasteiger partial charge in [-0.25, -0.2) is 9.67 Å². The summed E-state index contributed by atoms with van der Waals surface area (Å²) in [6, 6.07) is 9.14. The fourth-order valence-electron chi connectivity index (χ4n) is 3.81. The number of benzene rings is 1. The molecule has 0 bridgehead atoms. The lowest BCUT2D eigenvalue weighted by molar-refractivity contribution is -0.135. The number of nitrogens with zero attached hydrogens (tertiary/aromatic N) is 7. The highest BCUT2D eigenvalue weighted by molar-refractivity contribution is 5.83. The average Bonchev–Trinajstić information content (AvgIpc) is 3.41. The van der Waals surface area contributed by atoms with E-state index in [2.05, 4.69) is 32.0 Å². The van der Waals surface area contributed by atoms with E-state index in [9.17, 15) is 4.79 Å². The van der Waals surface area contributed by atoms with Gasteiger partial charge in [0, 0.05) is 37.9 Å². The molecule has 4 rings (SSSR count). The zero-order chi connectivity index (χ0) is 18.6. The van der Waals surface area contributed by atoms with Crippen LogP contribution in [0.15, 0.2) is 49.1 Å². The predicted molar refractivity (Wildman–Crippen MR) is 98.9 cm³/mol. The van der Waals surface area contributed by atoms with Crippen LogP contribution in [0.1, 0.15) is 43.1 Å². The fourth-order valence-corrected chi connectivity index (χ4v) is 3.81. The first-order valence-corrected chi connectivity index (χ1v) is 9.35. The Hall–Kier alpha value is -3.03. The first kappa shape index (κ1) is 17.4. The average molecular weight is 365 g/mol. The van der Waals surface area contributed by atoms with Crippen LogP contribution in [0.5, 0.6) is 0 Å². The van der Waals surface area contributed by atoms with Crippen LogP contribution in [0.25, 0.3) is 0 Å². The minimum Gasteiger partial charge on any atom is -0.340 e. The second-order valence-corrected chi connectivity index (χ2v) is 6.77. The molecular formula is C19H23N7O. The lowest BCUT2D eigenvalue weighted by Gasteiger charge is -2.34. The lowest BCUT2D eigenvalue weighted by Crippen LogP contribution is -2.42. The Morgan fingerprint density at radius 3 is 2.67 bits per heavy atom. The molecule has 0 aliphatic carbocycles. The topological polar surface area (TPSA) is 81.7 Å². The number of likely N-dealkylation sites (tertiary alicyclic amines) is 1. The zero-order valence-corrected chi connectivity index (χ0v) is 15.3. The van der Waals surface area contributed by atoms with E-state index in [4.69, 9.17) is 0 Å². The number of hydrogen-bond donors (Lipinski definition) is 0. The van der Waals surface area contributed by atoms with Gasteiger partial charge in [-0.2, -0.15) is 0 Å². The van der Waals surface area contributed by atoms with E-state index in [1.54, 1.807) is 0 Å². The number of tetrazole rings is 1. The molecule has 8 heteroatoms. The van der Waals surface area contributed by atoms with Crippen molar-refractivity contribution in [1.82, 2.24) is 34.7 Å². The maximum absolute atomic E-state index is 13.3. The second-order valence-electron chi connectivity index (χ2n) is 6.77. The molecule has 8 nitrogen and oxygen atoms in total. The number of aryl methyl sites for hydroxylation is 1. The molecule has 140 valence electrons. The summed E-state index contributed by atoms with van der Waals surface area (Å²) in [5, 5.41) is 11.4. The molecule has 3 aromatic rings. The van der Waals surface area contributed by atoms with E-state index >= 15 is 0 Å². The van der Waals surface area contributed by atoms with Gasteiger partial charge in [0.25, 0.3) is 5.91 Å². The lowest BCUT2D eigenvalue weighted by atomic mass is 9.94. The van der Waals surface area contributed by atoms with Crippen molar-refractivity contribution in [2.75, 3.05) is 13.1 Å². The van der Waals surface area contributed by atoms with Crippen LogP contribution in [-0.4, -0.2) is 53.7 Å². The molecule has 27 heavy (non-hydrogen) atoms. The number of hydrogen-bond acceptors (Lipinski definition) is 5. The molecule has 1 amide bonds. The highest BCUT2D eigenvalue weighted by Crippen LogP contribution is 2.29.